The highest BCUT2D eigenvalue weighted by Crippen LogP contribution is 2.29. The lowest BCUT2D eigenvalue weighted by Crippen LogP contribution is -2.45. The molecule has 1 amide bonds. The van der Waals surface area contributed by atoms with Crippen LogP contribution in [0, 0.1) is 0 Å². The Morgan fingerprint density at radius 1 is 1.26 bits per heavy atom. The Bertz CT molecular complexity index is 425. The summed E-state index contributed by atoms with van der Waals surface area (Å²) in [4.78, 5) is 14.7. The number of carbonyl (C=O) groups excluding carboxylic acids is 1. The molecule has 0 radical (unpaired) electrons. The first-order valence-electron chi connectivity index (χ1n) is 7.46. The van der Waals surface area contributed by atoms with Gasteiger partial charge in [0.25, 0.3) is 5.91 Å². The van der Waals surface area contributed by atoms with E-state index >= 15 is 0 Å². The van der Waals surface area contributed by atoms with Gasteiger partial charge in [-0.15, -0.1) is 11.3 Å². The predicted octanol–water partition coefficient (Wildman–Crippen LogP) is 2.50. The van der Waals surface area contributed by atoms with Crippen LogP contribution < -0.4 is 10.6 Å². The molecule has 1 aromatic heterocycles. The molecule has 19 heavy (non-hydrogen) atoms. The molecular weight excluding hydrogens is 256 g/mol. The predicted molar refractivity (Wildman–Crippen MR) is 78.9 cm³/mol. The number of hydrogen-bond donors (Lipinski definition) is 2. The number of thiophene rings is 1. The second kappa shape index (κ2) is 6.06. The van der Waals surface area contributed by atoms with Crippen LogP contribution in [0.15, 0.2) is 6.07 Å². The van der Waals surface area contributed by atoms with Gasteiger partial charge in [-0.1, -0.05) is 6.42 Å². The number of nitrogens with one attached hydrogen (secondary N) is 2. The summed E-state index contributed by atoms with van der Waals surface area (Å²) in [6, 6.07) is 2.44. The van der Waals surface area contributed by atoms with Crippen molar-refractivity contribution in [2.75, 3.05) is 13.1 Å². The van der Waals surface area contributed by atoms with Crippen molar-refractivity contribution in [2.45, 2.75) is 51.0 Å². The molecule has 1 saturated heterocycles. The van der Waals surface area contributed by atoms with Crippen LogP contribution in [-0.4, -0.2) is 25.0 Å². The summed E-state index contributed by atoms with van der Waals surface area (Å²) in [5.41, 5.74) is 1.43. The van der Waals surface area contributed by atoms with Gasteiger partial charge in [0, 0.05) is 17.5 Å². The molecule has 1 unspecified atom stereocenters. The lowest BCUT2D eigenvalue weighted by Gasteiger charge is -2.23. The molecule has 1 aromatic rings. The van der Waals surface area contributed by atoms with Crippen LogP contribution in [0.5, 0.6) is 0 Å². The van der Waals surface area contributed by atoms with Crippen molar-refractivity contribution >= 4 is 17.2 Å². The van der Waals surface area contributed by atoms with E-state index in [0.29, 0.717) is 6.04 Å². The largest absolute Gasteiger partial charge is 0.347 e. The number of rotatable bonds is 2. The maximum atomic E-state index is 12.3. The van der Waals surface area contributed by atoms with E-state index in [1.807, 2.05) is 0 Å². The van der Waals surface area contributed by atoms with Crippen molar-refractivity contribution in [1.29, 1.82) is 0 Å². The van der Waals surface area contributed by atoms with Gasteiger partial charge in [0.15, 0.2) is 0 Å². The molecule has 0 bridgehead atoms. The van der Waals surface area contributed by atoms with Gasteiger partial charge in [-0.25, -0.2) is 0 Å². The van der Waals surface area contributed by atoms with Crippen molar-refractivity contribution in [1.82, 2.24) is 10.6 Å². The Morgan fingerprint density at radius 3 is 3.00 bits per heavy atom. The lowest BCUT2D eigenvalue weighted by molar-refractivity contribution is 0.0935. The summed E-state index contributed by atoms with van der Waals surface area (Å²) in [7, 11) is 0. The average Bonchev–Trinajstić information content (AvgIpc) is 2.72. The summed E-state index contributed by atoms with van der Waals surface area (Å²) in [6.45, 7) is 2.00. The highest BCUT2D eigenvalue weighted by molar-refractivity contribution is 7.14. The molecule has 1 aliphatic heterocycles. The summed E-state index contributed by atoms with van der Waals surface area (Å²) < 4.78 is 0. The van der Waals surface area contributed by atoms with E-state index in [0.717, 1.165) is 43.6 Å². The first kappa shape index (κ1) is 13.1. The van der Waals surface area contributed by atoms with Gasteiger partial charge < -0.3 is 10.6 Å². The zero-order valence-electron chi connectivity index (χ0n) is 11.3. The van der Waals surface area contributed by atoms with Crippen molar-refractivity contribution < 1.29 is 4.79 Å². The fourth-order valence-corrected chi connectivity index (χ4v) is 4.17. The molecule has 4 heteroatoms. The number of carbonyl (C=O) groups is 1. The third kappa shape index (κ3) is 3.18. The van der Waals surface area contributed by atoms with Crippen LogP contribution in [0.3, 0.4) is 0 Å². The van der Waals surface area contributed by atoms with E-state index in [1.54, 1.807) is 11.3 Å². The standard InChI is InChI=1S/C15H22N2OS/c18-15(17-12-6-4-8-16-10-12)14-9-11-5-2-1-3-7-13(11)19-14/h9,12,16H,1-8,10H2,(H,17,18). The summed E-state index contributed by atoms with van der Waals surface area (Å²) in [6.07, 6.45) is 8.47. The molecule has 1 fully saturated rings. The average molecular weight is 278 g/mol. The van der Waals surface area contributed by atoms with Crippen LogP contribution in [0.2, 0.25) is 0 Å². The summed E-state index contributed by atoms with van der Waals surface area (Å²) in [5, 5.41) is 6.51. The van der Waals surface area contributed by atoms with E-state index in [4.69, 9.17) is 0 Å². The topological polar surface area (TPSA) is 41.1 Å². The summed E-state index contributed by atoms with van der Waals surface area (Å²) >= 11 is 1.71. The Balaban J connectivity index is 1.66. The van der Waals surface area contributed by atoms with Crippen LogP contribution >= 0.6 is 11.3 Å². The molecule has 0 saturated carbocycles. The van der Waals surface area contributed by atoms with Gasteiger partial charge in [0.2, 0.25) is 0 Å². The van der Waals surface area contributed by atoms with E-state index in [1.165, 1.54) is 29.7 Å². The fraction of sp³-hybridized carbons (Fsp3) is 0.667. The van der Waals surface area contributed by atoms with Gasteiger partial charge in [-0.05, 0) is 56.7 Å². The van der Waals surface area contributed by atoms with Gasteiger partial charge in [-0.2, -0.15) is 0 Å². The monoisotopic (exact) mass is 278 g/mol. The van der Waals surface area contributed by atoms with Gasteiger partial charge in [0.05, 0.1) is 4.88 Å². The number of piperidine rings is 1. The number of hydrogen-bond acceptors (Lipinski definition) is 3. The van der Waals surface area contributed by atoms with Gasteiger partial charge in [-0.3, -0.25) is 4.79 Å². The van der Waals surface area contributed by atoms with Gasteiger partial charge >= 0.3 is 0 Å². The molecular formula is C15H22N2OS. The second-order valence-electron chi connectivity index (χ2n) is 5.64. The van der Waals surface area contributed by atoms with Crippen LogP contribution in [0.4, 0.5) is 0 Å². The summed E-state index contributed by atoms with van der Waals surface area (Å²) in [5.74, 6) is 0.131. The minimum Gasteiger partial charge on any atom is -0.347 e. The Kier molecular flexibility index (Phi) is 4.18. The van der Waals surface area contributed by atoms with Gasteiger partial charge in [0.1, 0.15) is 0 Å². The molecule has 2 N–H and O–H groups in total. The molecule has 0 aromatic carbocycles. The maximum absolute atomic E-state index is 12.3. The van der Waals surface area contributed by atoms with Crippen molar-refractivity contribution in [2.24, 2.45) is 0 Å². The third-order valence-electron chi connectivity index (χ3n) is 4.10. The Labute approximate surface area is 118 Å². The van der Waals surface area contributed by atoms with Crippen LogP contribution in [0.25, 0.3) is 0 Å². The minimum atomic E-state index is 0.131. The SMILES string of the molecule is O=C(NC1CCCNC1)c1cc2c(s1)CCCCC2. The first-order valence-corrected chi connectivity index (χ1v) is 8.28. The first-order chi connectivity index (χ1) is 9.33. The smallest absolute Gasteiger partial charge is 0.261 e. The number of amides is 1. The number of fused-ring (bicyclic) bond motifs is 1. The van der Waals surface area contributed by atoms with E-state index < -0.39 is 0 Å². The van der Waals surface area contributed by atoms with Crippen LogP contribution in [-0.2, 0) is 12.8 Å². The van der Waals surface area contributed by atoms with Crippen LogP contribution in [0.1, 0.15) is 52.2 Å². The quantitative estimate of drug-likeness (QED) is 0.816. The van der Waals surface area contributed by atoms with Crippen molar-refractivity contribution in [3.05, 3.63) is 21.4 Å². The normalized spacial score (nSPS) is 23.5. The maximum Gasteiger partial charge on any atom is 0.261 e. The van der Waals surface area contributed by atoms with E-state index in [9.17, 15) is 4.79 Å². The van der Waals surface area contributed by atoms with E-state index in [-0.39, 0.29) is 5.91 Å². The van der Waals surface area contributed by atoms with Crippen molar-refractivity contribution in [3.8, 4) is 0 Å². The molecule has 2 heterocycles. The molecule has 3 nitrogen and oxygen atoms in total. The number of aryl methyl sites for hydroxylation is 2. The molecule has 1 aliphatic carbocycles. The second-order valence-corrected chi connectivity index (χ2v) is 6.77. The molecule has 0 spiro atoms. The molecule has 2 aliphatic rings. The fourth-order valence-electron chi connectivity index (χ4n) is 3.01. The highest BCUT2D eigenvalue weighted by atomic mass is 32.1. The lowest BCUT2D eigenvalue weighted by atomic mass is 10.1. The Morgan fingerprint density at radius 2 is 2.16 bits per heavy atom. The molecule has 104 valence electrons. The third-order valence-corrected chi connectivity index (χ3v) is 5.34. The molecule has 1 atom stereocenters. The Hall–Kier alpha value is -0.870. The molecule has 3 rings (SSSR count). The van der Waals surface area contributed by atoms with E-state index in [2.05, 4.69) is 16.7 Å². The highest BCUT2D eigenvalue weighted by Gasteiger charge is 2.20. The minimum absolute atomic E-state index is 0.131. The van der Waals surface area contributed by atoms with Crippen molar-refractivity contribution in [3.63, 3.8) is 0 Å². The zero-order chi connectivity index (χ0) is 13.1. The zero-order valence-corrected chi connectivity index (χ0v) is 12.2.